The number of aryl methyl sites for hydroxylation is 2. The van der Waals surface area contributed by atoms with Crippen LogP contribution in [-0.2, 0) is 6.54 Å². The highest BCUT2D eigenvalue weighted by Gasteiger charge is 2.20. The topological polar surface area (TPSA) is 86.0 Å². The third-order valence-corrected chi connectivity index (χ3v) is 4.47. The third kappa shape index (κ3) is 4.16. The van der Waals surface area contributed by atoms with E-state index in [4.69, 9.17) is 0 Å². The van der Waals surface area contributed by atoms with Crippen molar-refractivity contribution in [1.29, 1.82) is 0 Å². The summed E-state index contributed by atoms with van der Waals surface area (Å²) >= 11 is 0. The zero-order valence-electron chi connectivity index (χ0n) is 16.4. The summed E-state index contributed by atoms with van der Waals surface area (Å²) in [6, 6.07) is 11.5. The van der Waals surface area contributed by atoms with Crippen molar-refractivity contribution < 1.29 is 9.18 Å². The largest absolute Gasteiger partial charge is 0.352 e. The number of carbonyl (C=O) groups is 1. The minimum atomic E-state index is -0.801. The van der Waals surface area contributed by atoms with Crippen LogP contribution in [-0.4, -0.2) is 26.8 Å². The molecule has 3 rings (SSSR count). The van der Waals surface area contributed by atoms with Gasteiger partial charge in [-0.25, -0.2) is 9.18 Å². The molecule has 0 bridgehead atoms. The van der Waals surface area contributed by atoms with Crippen molar-refractivity contribution in [1.82, 2.24) is 19.7 Å². The van der Waals surface area contributed by atoms with Gasteiger partial charge >= 0.3 is 5.69 Å². The number of benzene rings is 2. The lowest BCUT2D eigenvalue weighted by atomic mass is 10.1. The molecule has 3 aromatic rings. The molecule has 0 atom stereocenters. The molecular formula is C21H21FN4O3. The number of nitrogens with one attached hydrogen (secondary N) is 1. The molecular weight excluding hydrogens is 375 g/mol. The summed E-state index contributed by atoms with van der Waals surface area (Å²) in [6.45, 7) is 5.47. The Bertz CT molecular complexity index is 1180. The number of aromatic nitrogens is 3. The number of rotatable bonds is 5. The monoisotopic (exact) mass is 396 g/mol. The van der Waals surface area contributed by atoms with Crippen LogP contribution in [0.1, 0.15) is 34.1 Å². The molecule has 0 saturated carbocycles. The van der Waals surface area contributed by atoms with Gasteiger partial charge in [0.25, 0.3) is 11.5 Å². The Kier molecular flexibility index (Phi) is 5.72. The van der Waals surface area contributed by atoms with Crippen molar-refractivity contribution in [3.05, 3.63) is 91.5 Å². The fraction of sp³-hybridized carbons (Fsp3) is 0.238. The summed E-state index contributed by atoms with van der Waals surface area (Å²) in [5.41, 5.74) is 0.285. The number of nitrogens with zero attached hydrogens (tertiary/aromatic N) is 3. The summed E-state index contributed by atoms with van der Waals surface area (Å²) in [7, 11) is 0. The number of amides is 1. The van der Waals surface area contributed by atoms with Gasteiger partial charge in [0.1, 0.15) is 5.82 Å². The molecule has 150 valence electrons. The molecule has 0 radical (unpaired) electrons. The second-order valence-electron chi connectivity index (χ2n) is 6.71. The van der Waals surface area contributed by atoms with Crippen LogP contribution in [0.2, 0.25) is 0 Å². The van der Waals surface area contributed by atoms with Crippen molar-refractivity contribution in [3.8, 4) is 5.69 Å². The van der Waals surface area contributed by atoms with Crippen molar-refractivity contribution in [2.75, 3.05) is 6.54 Å². The standard InChI is InChI=1S/C21H21FN4O3/c1-4-23-19(27)18-20(28)25(12-15-8-5-13(2)6-9-15)21(29)26(24-18)16-10-7-14(3)17(22)11-16/h5-11H,4,12H2,1-3H3,(H,23,27). The van der Waals surface area contributed by atoms with Gasteiger partial charge in [0.05, 0.1) is 12.2 Å². The summed E-state index contributed by atoms with van der Waals surface area (Å²) in [5, 5.41) is 6.46. The van der Waals surface area contributed by atoms with Crippen LogP contribution in [0.4, 0.5) is 4.39 Å². The van der Waals surface area contributed by atoms with Gasteiger partial charge < -0.3 is 5.32 Å². The summed E-state index contributed by atoms with van der Waals surface area (Å²) in [5.74, 6) is -1.22. The van der Waals surface area contributed by atoms with Crippen LogP contribution in [0.5, 0.6) is 0 Å². The molecule has 1 aromatic heterocycles. The lowest BCUT2D eigenvalue weighted by Crippen LogP contribution is -2.46. The smallest absolute Gasteiger partial charge is 0.351 e. The van der Waals surface area contributed by atoms with E-state index in [9.17, 15) is 18.8 Å². The Morgan fingerprint density at radius 2 is 1.79 bits per heavy atom. The molecule has 29 heavy (non-hydrogen) atoms. The molecule has 2 aromatic carbocycles. The van der Waals surface area contributed by atoms with E-state index in [1.54, 1.807) is 26.0 Å². The van der Waals surface area contributed by atoms with E-state index < -0.39 is 28.7 Å². The molecule has 0 fully saturated rings. The van der Waals surface area contributed by atoms with Gasteiger partial charge in [0, 0.05) is 12.6 Å². The first kappa shape index (κ1) is 20.2. The molecule has 0 aliphatic heterocycles. The van der Waals surface area contributed by atoms with E-state index in [1.165, 1.54) is 12.1 Å². The Morgan fingerprint density at radius 1 is 1.10 bits per heavy atom. The van der Waals surface area contributed by atoms with Gasteiger partial charge in [-0.3, -0.25) is 14.2 Å². The fourth-order valence-corrected chi connectivity index (χ4v) is 2.80. The van der Waals surface area contributed by atoms with E-state index in [0.29, 0.717) is 11.1 Å². The van der Waals surface area contributed by atoms with Gasteiger partial charge in [0.2, 0.25) is 5.69 Å². The summed E-state index contributed by atoms with van der Waals surface area (Å²) < 4.78 is 15.9. The Balaban J connectivity index is 2.22. The molecule has 0 spiro atoms. The second kappa shape index (κ2) is 8.22. The van der Waals surface area contributed by atoms with E-state index in [-0.39, 0.29) is 18.8 Å². The first-order valence-corrected chi connectivity index (χ1v) is 9.16. The van der Waals surface area contributed by atoms with Crippen LogP contribution in [0.15, 0.2) is 52.1 Å². The minimum absolute atomic E-state index is 0.0405. The normalized spacial score (nSPS) is 10.8. The van der Waals surface area contributed by atoms with Crippen LogP contribution in [0, 0.1) is 19.7 Å². The zero-order valence-corrected chi connectivity index (χ0v) is 16.4. The molecule has 1 amide bonds. The van der Waals surface area contributed by atoms with Gasteiger partial charge in [-0.05, 0) is 38.0 Å². The van der Waals surface area contributed by atoms with Crippen molar-refractivity contribution in [2.45, 2.75) is 27.3 Å². The third-order valence-electron chi connectivity index (χ3n) is 4.47. The van der Waals surface area contributed by atoms with Crippen LogP contribution in [0.25, 0.3) is 5.69 Å². The van der Waals surface area contributed by atoms with E-state index >= 15 is 0 Å². The maximum Gasteiger partial charge on any atom is 0.352 e. The van der Waals surface area contributed by atoms with Crippen LogP contribution >= 0.6 is 0 Å². The average Bonchev–Trinajstić information content (AvgIpc) is 2.69. The highest BCUT2D eigenvalue weighted by Crippen LogP contribution is 2.11. The van der Waals surface area contributed by atoms with Crippen LogP contribution in [0.3, 0.4) is 0 Å². The van der Waals surface area contributed by atoms with Crippen LogP contribution < -0.4 is 16.6 Å². The molecule has 0 aliphatic carbocycles. The maximum absolute atomic E-state index is 14.0. The number of halogens is 1. The number of hydrogen-bond acceptors (Lipinski definition) is 4. The predicted octanol–water partition coefficient (Wildman–Crippen LogP) is 1.95. The summed E-state index contributed by atoms with van der Waals surface area (Å²) in [6.07, 6.45) is 0. The second-order valence-corrected chi connectivity index (χ2v) is 6.71. The average molecular weight is 396 g/mol. The van der Waals surface area contributed by atoms with E-state index in [0.717, 1.165) is 20.9 Å². The molecule has 1 N–H and O–H groups in total. The lowest BCUT2D eigenvalue weighted by Gasteiger charge is -2.12. The first-order chi connectivity index (χ1) is 13.8. The van der Waals surface area contributed by atoms with Crippen molar-refractivity contribution >= 4 is 5.91 Å². The zero-order chi connectivity index (χ0) is 21.1. The Labute approximate surface area is 166 Å². The molecule has 0 saturated heterocycles. The molecule has 0 aliphatic rings. The quantitative estimate of drug-likeness (QED) is 0.714. The summed E-state index contributed by atoms with van der Waals surface area (Å²) in [4.78, 5) is 38.2. The molecule has 0 unspecified atom stereocenters. The maximum atomic E-state index is 14.0. The highest BCUT2D eigenvalue weighted by molar-refractivity contribution is 5.91. The highest BCUT2D eigenvalue weighted by atomic mass is 19.1. The molecule has 8 heteroatoms. The predicted molar refractivity (Wildman–Crippen MR) is 107 cm³/mol. The van der Waals surface area contributed by atoms with E-state index in [1.807, 2.05) is 19.1 Å². The van der Waals surface area contributed by atoms with Gasteiger partial charge in [-0.1, -0.05) is 35.9 Å². The molecule has 1 heterocycles. The lowest BCUT2D eigenvalue weighted by molar-refractivity contribution is 0.0946. The van der Waals surface area contributed by atoms with Gasteiger partial charge in [0.15, 0.2) is 0 Å². The minimum Gasteiger partial charge on any atom is -0.351 e. The first-order valence-electron chi connectivity index (χ1n) is 9.16. The van der Waals surface area contributed by atoms with Crippen molar-refractivity contribution in [3.63, 3.8) is 0 Å². The van der Waals surface area contributed by atoms with Gasteiger partial charge in [-0.2, -0.15) is 9.78 Å². The fourth-order valence-electron chi connectivity index (χ4n) is 2.80. The SMILES string of the molecule is CCNC(=O)c1nn(-c2ccc(C)c(F)c2)c(=O)n(Cc2ccc(C)cc2)c1=O. The molecule has 7 nitrogen and oxygen atoms in total. The van der Waals surface area contributed by atoms with Crippen molar-refractivity contribution in [2.24, 2.45) is 0 Å². The van der Waals surface area contributed by atoms with Gasteiger partial charge in [-0.15, -0.1) is 0 Å². The Morgan fingerprint density at radius 3 is 2.41 bits per heavy atom. The number of hydrogen-bond donors (Lipinski definition) is 1. The van der Waals surface area contributed by atoms with E-state index in [2.05, 4.69) is 10.4 Å². The number of carbonyl (C=O) groups excluding carboxylic acids is 1. The Hall–Kier alpha value is -3.55.